The predicted molar refractivity (Wildman–Crippen MR) is 83.0 cm³/mol. The Balaban J connectivity index is 1.52. The number of rotatable bonds is 5. The van der Waals surface area contributed by atoms with Gasteiger partial charge in [-0.15, -0.1) is 0 Å². The Hall–Kier alpha value is -1.52. The van der Waals surface area contributed by atoms with Crippen LogP contribution in [-0.4, -0.2) is 27.8 Å². The van der Waals surface area contributed by atoms with Crippen LogP contribution in [0.1, 0.15) is 46.0 Å². The minimum absolute atomic E-state index is 0.0619. The van der Waals surface area contributed by atoms with E-state index in [9.17, 15) is 4.79 Å². The molecular weight excluding hydrogens is 264 g/mol. The second kappa shape index (κ2) is 6.08. The van der Waals surface area contributed by atoms with Gasteiger partial charge in [0, 0.05) is 18.3 Å². The Labute approximate surface area is 126 Å². The molecule has 2 aliphatic carbocycles. The minimum Gasteiger partial charge on any atom is -0.379 e. The number of hydrogen-bond donors (Lipinski definition) is 2. The van der Waals surface area contributed by atoms with Crippen molar-refractivity contribution in [3.63, 3.8) is 0 Å². The largest absolute Gasteiger partial charge is 0.379 e. The van der Waals surface area contributed by atoms with Crippen LogP contribution in [0.5, 0.6) is 0 Å². The fraction of sp³-hybridized carbons (Fsp3) is 0.750. The molecule has 2 fully saturated rings. The van der Waals surface area contributed by atoms with E-state index < -0.39 is 0 Å². The number of nitrogens with one attached hydrogen (secondary N) is 2. The van der Waals surface area contributed by atoms with Crippen LogP contribution in [-0.2, 0) is 11.3 Å². The summed E-state index contributed by atoms with van der Waals surface area (Å²) in [5, 5.41) is 10.9. The van der Waals surface area contributed by atoms with Gasteiger partial charge in [-0.25, -0.2) is 0 Å². The molecule has 0 aliphatic heterocycles. The van der Waals surface area contributed by atoms with Gasteiger partial charge < -0.3 is 10.6 Å². The van der Waals surface area contributed by atoms with Crippen molar-refractivity contribution in [3.8, 4) is 0 Å². The van der Waals surface area contributed by atoms with E-state index >= 15 is 0 Å². The van der Waals surface area contributed by atoms with Crippen LogP contribution in [0.25, 0.3) is 0 Å². The Morgan fingerprint density at radius 3 is 2.90 bits per heavy atom. The Bertz CT molecular complexity index is 494. The standard InChI is InChI=1S/C16H26N4O/c1-11-3-4-12(2)15(7-11)18-14-8-17-20(9-14)10-16(21)19-13-5-6-13/h8-9,11-13,15,18H,3-7,10H2,1-2H3,(H,19,21). The molecule has 5 nitrogen and oxygen atoms in total. The van der Waals surface area contributed by atoms with E-state index in [4.69, 9.17) is 0 Å². The van der Waals surface area contributed by atoms with E-state index in [1.54, 1.807) is 4.68 Å². The molecule has 2 saturated carbocycles. The first-order chi connectivity index (χ1) is 10.1. The Morgan fingerprint density at radius 1 is 1.33 bits per heavy atom. The van der Waals surface area contributed by atoms with E-state index in [0.29, 0.717) is 24.5 Å². The molecular formula is C16H26N4O. The molecule has 0 saturated heterocycles. The lowest BCUT2D eigenvalue weighted by molar-refractivity contribution is -0.122. The summed E-state index contributed by atoms with van der Waals surface area (Å²) in [5.74, 6) is 1.55. The van der Waals surface area contributed by atoms with Crippen LogP contribution in [0.3, 0.4) is 0 Å². The van der Waals surface area contributed by atoms with E-state index in [1.807, 2.05) is 12.4 Å². The van der Waals surface area contributed by atoms with Gasteiger partial charge in [0.2, 0.25) is 5.91 Å². The number of carbonyl (C=O) groups is 1. The predicted octanol–water partition coefficient (Wildman–Crippen LogP) is 2.40. The molecule has 1 amide bonds. The molecule has 0 radical (unpaired) electrons. The van der Waals surface area contributed by atoms with Gasteiger partial charge in [0.1, 0.15) is 6.54 Å². The van der Waals surface area contributed by atoms with Crippen LogP contribution in [0.15, 0.2) is 12.4 Å². The van der Waals surface area contributed by atoms with Crippen molar-refractivity contribution >= 4 is 11.6 Å². The van der Waals surface area contributed by atoms with Crippen molar-refractivity contribution in [1.82, 2.24) is 15.1 Å². The summed E-state index contributed by atoms with van der Waals surface area (Å²) in [5.41, 5.74) is 1.03. The lowest BCUT2D eigenvalue weighted by Gasteiger charge is -2.33. The summed E-state index contributed by atoms with van der Waals surface area (Å²) in [6, 6.07) is 0.932. The molecule has 0 spiro atoms. The molecule has 2 aliphatic rings. The zero-order chi connectivity index (χ0) is 14.8. The quantitative estimate of drug-likeness (QED) is 0.875. The molecule has 0 bridgehead atoms. The van der Waals surface area contributed by atoms with Crippen molar-refractivity contribution in [2.75, 3.05) is 5.32 Å². The first-order valence-electron chi connectivity index (χ1n) is 8.18. The Morgan fingerprint density at radius 2 is 2.14 bits per heavy atom. The van der Waals surface area contributed by atoms with Crippen LogP contribution < -0.4 is 10.6 Å². The molecule has 1 heterocycles. The number of aromatic nitrogens is 2. The zero-order valence-electron chi connectivity index (χ0n) is 13.0. The average Bonchev–Trinajstić information content (AvgIpc) is 3.13. The lowest BCUT2D eigenvalue weighted by Crippen LogP contribution is -2.33. The van der Waals surface area contributed by atoms with Crippen molar-refractivity contribution in [3.05, 3.63) is 12.4 Å². The van der Waals surface area contributed by atoms with Crippen LogP contribution in [0, 0.1) is 11.8 Å². The van der Waals surface area contributed by atoms with Crippen LogP contribution >= 0.6 is 0 Å². The van der Waals surface area contributed by atoms with Crippen molar-refractivity contribution in [1.29, 1.82) is 0 Å². The monoisotopic (exact) mass is 290 g/mol. The molecule has 1 aromatic heterocycles. The van der Waals surface area contributed by atoms with Gasteiger partial charge in [-0.2, -0.15) is 5.10 Å². The molecule has 2 N–H and O–H groups in total. The van der Waals surface area contributed by atoms with Gasteiger partial charge in [0.25, 0.3) is 0 Å². The molecule has 3 rings (SSSR count). The zero-order valence-corrected chi connectivity index (χ0v) is 13.0. The Kier molecular flexibility index (Phi) is 4.17. The summed E-state index contributed by atoms with van der Waals surface area (Å²) in [6.07, 6.45) is 9.85. The number of carbonyl (C=O) groups excluding carboxylic acids is 1. The summed E-state index contributed by atoms with van der Waals surface area (Å²) >= 11 is 0. The highest BCUT2D eigenvalue weighted by Gasteiger charge is 2.26. The third-order valence-corrected chi connectivity index (χ3v) is 4.69. The highest BCUT2D eigenvalue weighted by molar-refractivity contribution is 5.76. The molecule has 3 atom stereocenters. The van der Waals surface area contributed by atoms with Gasteiger partial charge in [-0.3, -0.25) is 9.48 Å². The molecule has 116 valence electrons. The summed E-state index contributed by atoms with van der Waals surface area (Å²) < 4.78 is 1.72. The highest BCUT2D eigenvalue weighted by atomic mass is 16.2. The van der Waals surface area contributed by atoms with Crippen molar-refractivity contribution < 1.29 is 4.79 Å². The minimum atomic E-state index is 0.0619. The topological polar surface area (TPSA) is 59.0 Å². The first-order valence-corrected chi connectivity index (χ1v) is 8.18. The smallest absolute Gasteiger partial charge is 0.241 e. The van der Waals surface area contributed by atoms with E-state index in [2.05, 4.69) is 29.6 Å². The van der Waals surface area contributed by atoms with Gasteiger partial charge >= 0.3 is 0 Å². The highest BCUT2D eigenvalue weighted by Crippen LogP contribution is 2.30. The second-order valence-electron chi connectivity index (χ2n) is 6.91. The molecule has 3 unspecified atom stereocenters. The number of hydrogen-bond acceptors (Lipinski definition) is 3. The van der Waals surface area contributed by atoms with E-state index in [0.717, 1.165) is 24.4 Å². The van der Waals surface area contributed by atoms with Crippen molar-refractivity contribution in [2.24, 2.45) is 11.8 Å². The maximum Gasteiger partial charge on any atom is 0.241 e. The van der Waals surface area contributed by atoms with Gasteiger partial charge in [-0.05, 0) is 37.5 Å². The maximum atomic E-state index is 11.8. The van der Waals surface area contributed by atoms with Crippen LogP contribution in [0.4, 0.5) is 5.69 Å². The van der Waals surface area contributed by atoms with Gasteiger partial charge in [0.15, 0.2) is 0 Å². The number of nitrogens with zero attached hydrogens (tertiary/aromatic N) is 2. The molecule has 5 heteroatoms. The summed E-state index contributed by atoms with van der Waals surface area (Å²) in [6.45, 7) is 4.96. The fourth-order valence-corrected chi connectivity index (χ4v) is 3.12. The second-order valence-corrected chi connectivity index (χ2v) is 6.91. The molecule has 0 aromatic carbocycles. The third kappa shape index (κ3) is 3.99. The lowest BCUT2D eigenvalue weighted by atomic mass is 9.80. The number of amides is 1. The van der Waals surface area contributed by atoms with E-state index in [1.165, 1.54) is 19.3 Å². The average molecular weight is 290 g/mol. The van der Waals surface area contributed by atoms with Crippen LogP contribution in [0.2, 0.25) is 0 Å². The molecule has 21 heavy (non-hydrogen) atoms. The summed E-state index contributed by atoms with van der Waals surface area (Å²) in [7, 11) is 0. The first kappa shape index (κ1) is 14.4. The summed E-state index contributed by atoms with van der Waals surface area (Å²) in [4.78, 5) is 11.8. The maximum absolute atomic E-state index is 11.8. The number of anilines is 1. The third-order valence-electron chi connectivity index (χ3n) is 4.69. The van der Waals surface area contributed by atoms with E-state index in [-0.39, 0.29) is 5.91 Å². The molecule has 1 aromatic rings. The normalized spacial score (nSPS) is 29.1. The fourth-order valence-electron chi connectivity index (χ4n) is 3.12. The SMILES string of the molecule is CC1CCC(C)C(Nc2cnn(CC(=O)NC3CC3)c2)C1. The van der Waals surface area contributed by atoms with Gasteiger partial charge in [-0.1, -0.05) is 20.3 Å². The van der Waals surface area contributed by atoms with Crippen molar-refractivity contribution in [2.45, 2.75) is 64.6 Å². The van der Waals surface area contributed by atoms with Gasteiger partial charge in [0.05, 0.1) is 11.9 Å².